The molecule has 1 aliphatic carbocycles. The molecule has 7 heteroatoms. The van der Waals surface area contributed by atoms with Crippen molar-refractivity contribution in [2.75, 3.05) is 49.6 Å². The number of rotatable bonds is 4. The second-order valence-electron chi connectivity index (χ2n) is 7.22. The van der Waals surface area contributed by atoms with Crippen LogP contribution < -0.4 is 10.2 Å². The van der Waals surface area contributed by atoms with Crippen molar-refractivity contribution in [2.45, 2.75) is 38.1 Å². The van der Waals surface area contributed by atoms with E-state index < -0.39 is 0 Å². The molecule has 2 aliphatic heterocycles. The van der Waals surface area contributed by atoms with Gasteiger partial charge in [0.05, 0.1) is 13.2 Å². The molecule has 1 saturated carbocycles. The van der Waals surface area contributed by atoms with Crippen LogP contribution in [0.15, 0.2) is 12.3 Å². The molecule has 7 nitrogen and oxygen atoms in total. The number of carbonyl (C=O) groups excluding carboxylic acids is 1. The maximum atomic E-state index is 12.6. The minimum Gasteiger partial charge on any atom is -0.378 e. The van der Waals surface area contributed by atoms with Gasteiger partial charge < -0.3 is 19.9 Å². The Bertz CT molecular complexity index is 599. The van der Waals surface area contributed by atoms with Gasteiger partial charge in [-0.05, 0) is 38.2 Å². The van der Waals surface area contributed by atoms with E-state index in [9.17, 15) is 4.79 Å². The average Bonchev–Trinajstić information content (AvgIpc) is 3.34. The quantitative estimate of drug-likeness (QED) is 0.892. The minimum absolute atomic E-state index is 0.177. The average molecular weight is 345 g/mol. The van der Waals surface area contributed by atoms with Gasteiger partial charge in [0.2, 0.25) is 11.9 Å². The molecule has 4 rings (SSSR count). The van der Waals surface area contributed by atoms with Crippen LogP contribution in [0.1, 0.15) is 32.1 Å². The molecule has 25 heavy (non-hydrogen) atoms. The van der Waals surface area contributed by atoms with Crippen molar-refractivity contribution in [1.82, 2.24) is 14.9 Å². The Balaban J connectivity index is 1.34. The summed E-state index contributed by atoms with van der Waals surface area (Å²) in [4.78, 5) is 25.8. The van der Waals surface area contributed by atoms with E-state index in [1.54, 1.807) is 0 Å². The van der Waals surface area contributed by atoms with Gasteiger partial charge in [-0.15, -0.1) is 0 Å². The fraction of sp³-hybridized carbons (Fsp3) is 0.722. The van der Waals surface area contributed by atoms with Crippen LogP contribution in [0.3, 0.4) is 0 Å². The Kier molecular flexibility index (Phi) is 5.01. The lowest BCUT2D eigenvalue weighted by molar-refractivity contribution is -0.134. The lowest BCUT2D eigenvalue weighted by Gasteiger charge is -2.27. The van der Waals surface area contributed by atoms with Crippen molar-refractivity contribution in [3.8, 4) is 0 Å². The van der Waals surface area contributed by atoms with Crippen molar-refractivity contribution >= 4 is 17.7 Å². The first-order valence-electron chi connectivity index (χ1n) is 9.50. The number of hydrogen-bond acceptors (Lipinski definition) is 6. The molecule has 0 radical (unpaired) electrons. The lowest BCUT2D eigenvalue weighted by Crippen LogP contribution is -2.37. The largest absolute Gasteiger partial charge is 0.378 e. The van der Waals surface area contributed by atoms with E-state index in [4.69, 9.17) is 4.74 Å². The minimum atomic E-state index is 0.177. The third-order valence-electron chi connectivity index (χ3n) is 5.49. The molecule has 3 aliphatic rings. The summed E-state index contributed by atoms with van der Waals surface area (Å²) in [6.45, 7) is 5.01. The van der Waals surface area contributed by atoms with Gasteiger partial charge in [-0.25, -0.2) is 4.98 Å². The predicted molar refractivity (Wildman–Crippen MR) is 95.6 cm³/mol. The number of nitrogens with zero attached hydrogens (tertiary/aromatic N) is 4. The molecule has 1 aromatic heterocycles. The van der Waals surface area contributed by atoms with Crippen molar-refractivity contribution in [3.63, 3.8) is 0 Å². The maximum Gasteiger partial charge on any atom is 0.227 e. The summed E-state index contributed by atoms with van der Waals surface area (Å²) in [6.07, 6.45) is 7.04. The van der Waals surface area contributed by atoms with Crippen molar-refractivity contribution in [3.05, 3.63) is 12.3 Å². The summed E-state index contributed by atoms with van der Waals surface area (Å²) in [6, 6.07) is 2.24. The van der Waals surface area contributed by atoms with E-state index in [1.165, 1.54) is 0 Å². The van der Waals surface area contributed by atoms with E-state index in [0.29, 0.717) is 11.9 Å². The molecule has 1 aromatic rings. The molecular weight excluding hydrogens is 318 g/mol. The Morgan fingerprint density at radius 1 is 1.16 bits per heavy atom. The highest BCUT2D eigenvalue weighted by atomic mass is 16.5. The zero-order chi connectivity index (χ0) is 17.1. The number of carbonyl (C=O) groups is 1. The molecule has 2 atom stereocenters. The van der Waals surface area contributed by atoms with E-state index >= 15 is 0 Å². The predicted octanol–water partition coefficient (Wildman–Crippen LogP) is 1.52. The fourth-order valence-corrected chi connectivity index (χ4v) is 4.09. The highest BCUT2D eigenvalue weighted by Crippen LogP contribution is 2.30. The number of amides is 1. The van der Waals surface area contributed by atoms with Crippen LogP contribution in [0, 0.1) is 5.92 Å². The first-order valence-corrected chi connectivity index (χ1v) is 9.50. The van der Waals surface area contributed by atoms with E-state index in [2.05, 4.69) is 20.2 Å². The molecule has 136 valence electrons. The van der Waals surface area contributed by atoms with Gasteiger partial charge in [-0.2, -0.15) is 4.98 Å². The van der Waals surface area contributed by atoms with Gasteiger partial charge >= 0.3 is 0 Å². The number of nitrogens with one attached hydrogen (secondary N) is 1. The summed E-state index contributed by atoms with van der Waals surface area (Å²) < 4.78 is 5.39. The van der Waals surface area contributed by atoms with Gasteiger partial charge in [0.25, 0.3) is 0 Å². The van der Waals surface area contributed by atoms with Crippen LogP contribution in [0.5, 0.6) is 0 Å². The smallest absolute Gasteiger partial charge is 0.227 e. The number of anilines is 2. The molecule has 3 fully saturated rings. The van der Waals surface area contributed by atoms with E-state index in [1.807, 2.05) is 17.2 Å². The molecule has 0 aromatic carbocycles. The molecule has 2 saturated heterocycles. The zero-order valence-electron chi connectivity index (χ0n) is 14.7. The summed E-state index contributed by atoms with van der Waals surface area (Å²) >= 11 is 0. The van der Waals surface area contributed by atoms with E-state index in [-0.39, 0.29) is 5.92 Å². The first kappa shape index (κ1) is 16.6. The highest BCUT2D eigenvalue weighted by Gasteiger charge is 2.33. The molecule has 1 amide bonds. The highest BCUT2D eigenvalue weighted by molar-refractivity contribution is 5.79. The lowest BCUT2D eigenvalue weighted by atomic mass is 10.1. The van der Waals surface area contributed by atoms with Crippen LogP contribution in [0.25, 0.3) is 0 Å². The summed E-state index contributed by atoms with van der Waals surface area (Å²) in [5.74, 6) is 2.15. The Labute approximate surface area is 148 Å². The van der Waals surface area contributed by atoms with Crippen LogP contribution in [-0.4, -0.2) is 66.2 Å². The van der Waals surface area contributed by atoms with Gasteiger partial charge in [0.15, 0.2) is 0 Å². The van der Waals surface area contributed by atoms with Crippen molar-refractivity contribution in [1.29, 1.82) is 0 Å². The normalized spacial score (nSPS) is 26.9. The topological polar surface area (TPSA) is 70.6 Å². The first-order chi connectivity index (χ1) is 12.3. The van der Waals surface area contributed by atoms with Crippen LogP contribution in [0.4, 0.5) is 11.8 Å². The SMILES string of the molecule is O=C([C@@H]1CC[C@H](Nc2ccnc(N3CCOCC3)n2)C1)N1CCCC1. The number of aromatic nitrogens is 2. The Morgan fingerprint density at radius 2 is 1.96 bits per heavy atom. The second-order valence-corrected chi connectivity index (χ2v) is 7.22. The van der Waals surface area contributed by atoms with Gasteiger partial charge in [-0.3, -0.25) is 4.79 Å². The molecular formula is C18H27N5O2. The van der Waals surface area contributed by atoms with Gasteiger partial charge in [0.1, 0.15) is 5.82 Å². The van der Waals surface area contributed by atoms with Crippen LogP contribution in [-0.2, 0) is 9.53 Å². The Hall–Kier alpha value is -1.89. The maximum absolute atomic E-state index is 12.6. The molecule has 1 N–H and O–H groups in total. The number of hydrogen-bond donors (Lipinski definition) is 1. The summed E-state index contributed by atoms with van der Waals surface area (Å²) in [5.41, 5.74) is 0. The number of likely N-dealkylation sites (tertiary alicyclic amines) is 1. The second kappa shape index (κ2) is 7.56. The number of morpholine rings is 1. The molecule has 3 heterocycles. The van der Waals surface area contributed by atoms with Crippen molar-refractivity contribution < 1.29 is 9.53 Å². The van der Waals surface area contributed by atoms with Crippen molar-refractivity contribution in [2.24, 2.45) is 5.92 Å². The fourth-order valence-electron chi connectivity index (χ4n) is 4.09. The van der Waals surface area contributed by atoms with Gasteiger partial charge in [-0.1, -0.05) is 0 Å². The van der Waals surface area contributed by atoms with E-state index in [0.717, 1.165) is 83.3 Å². The van der Waals surface area contributed by atoms with Gasteiger partial charge in [0, 0.05) is 44.3 Å². The molecule has 0 spiro atoms. The standard InChI is InChI=1S/C18H27N5O2/c24-17(22-7-1-2-8-22)14-3-4-15(13-14)20-16-5-6-19-18(21-16)23-9-11-25-12-10-23/h5-6,14-15H,1-4,7-13H2,(H,19,20,21)/t14-,15+/m1/s1. The summed E-state index contributed by atoms with van der Waals surface area (Å²) in [7, 11) is 0. The summed E-state index contributed by atoms with van der Waals surface area (Å²) in [5, 5.41) is 3.52. The molecule has 0 unspecified atom stereocenters. The monoisotopic (exact) mass is 345 g/mol. The zero-order valence-corrected chi connectivity index (χ0v) is 14.7. The van der Waals surface area contributed by atoms with Crippen LogP contribution >= 0.6 is 0 Å². The third kappa shape index (κ3) is 3.86. The third-order valence-corrected chi connectivity index (χ3v) is 5.49. The Morgan fingerprint density at radius 3 is 2.76 bits per heavy atom. The molecule has 0 bridgehead atoms. The number of ether oxygens (including phenoxy) is 1. The van der Waals surface area contributed by atoms with Crippen LogP contribution in [0.2, 0.25) is 0 Å².